The van der Waals surface area contributed by atoms with Gasteiger partial charge in [0.25, 0.3) is 0 Å². The Morgan fingerprint density at radius 3 is 3.00 bits per heavy atom. The summed E-state index contributed by atoms with van der Waals surface area (Å²) in [6, 6.07) is 0.356. The van der Waals surface area contributed by atoms with Crippen LogP contribution in [-0.4, -0.2) is 21.2 Å². The lowest BCUT2D eigenvalue weighted by Crippen LogP contribution is -2.24. The van der Waals surface area contributed by atoms with E-state index in [0.717, 1.165) is 21.8 Å². The predicted molar refractivity (Wildman–Crippen MR) is 56.1 cm³/mol. The molecule has 5 heteroatoms. The Labute approximate surface area is 86.3 Å². The molecule has 1 aliphatic rings. The highest BCUT2D eigenvalue weighted by Gasteiger charge is 2.28. The molecule has 72 valence electrons. The summed E-state index contributed by atoms with van der Waals surface area (Å²) in [4.78, 5) is 4.28. The van der Waals surface area contributed by atoms with Crippen LogP contribution in [0.25, 0.3) is 0 Å². The molecule has 1 unspecified atom stereocenters. The van der Waals surface area contributed by atoms with E-state index in [1.807, 2.05) is 6.92 Å². The lowest BCUT2D eigenvalue weighted by atomic mass is 10.2. The number of nitrogens with two attached hydrogens (primary N) is 1. The van der Waals surface area contributed by atoms with Gasteiger partial charge in [0.15, 0.2) is 4.34 Å². The van der Waals surface area contributed by atoms with Crippen LogP contribution in [0.4, 0.5) is 0 Å². The van der Waals surface area contributed by atoms with Crippen molar-refractivity contribution in [3.05, 3.63) is 5.82 Å². The van der Waals surface area contributed by atoms with Gasteiger partial charge < -0.3 is 5.73 Å². The Balaban J connectivity index is 1.78. The van der Waals surface area contributed by atoms with Crippen molar-refractivity contribution in [3.8, 4) is 0 Å². The third kappa shape index (κ3) is 2.65. The average Bonchev–Trinajstić information content (AvgIpc) is 2.87. The van der Waals surface area contributed by atoms with Crippen LogP contribution in [-0.2, 0) is 0 Å². The number of rotatable bonds is 4. The summed E-state index contributed by atoms with van der Waals surface area (Å²) < 4.78 is 5.17. The van der Waals surface area contributed by atoms with Crippen molar-refractivity contribution < 1.29 is 0 Å². The van der Waals surface area contributed by atoms with Crippen LogP contribution in [0.3, 0.4) is 0 Å². The van der Waals surface area contributed by atoms with Crippen LogP contribution in [0.15, 0.2) is 4.34 Å². The summed E-state index contributed by atoms with van der Waals surface area (Å²) in [7, 11) is 0. The molecule has 2 rings (SSSR count). The van der Waals surface area contributed by atoms with Crippen LogP contribution in [0.2, 0.25) is 0 Å². The smallest absolute Gasteiger partial charge is 0.170 e. The molecule has 1 aliphatic carbocycles. The number of nitrogens with zero attached hydrogens (tertiary/aromatic N) is 2. The van der Waals surface area contributed by atoms with Crippen molar-refractivity contribution in [1.29, 1.82) is 0 Å². The van der Waals surface area contributed by atoms with E-state index in [1.165, 1.54) is 24.4 Å². The molecule has 2 N–H and O–H groups in total. The number of thioether (sulfide) groups is 1. The van der Waals surface area contributed by atoms with Gasteiger partial charge in [0.05, 0.1) is 0 Å². The second-order valence-corrected chi connectivity index (χ2v) is 5.44. The van der Waals surface area contributed by atoms with Gasteiger partial charge in [-0.3, -0.25) is 0 Å². The van der Waals surface area contributed by atoms with Crippen LogP contribution in [0.5, 0.6) is 0 Å². The summed E-state index contributed by atoms with van der Waals surface area (Å²) >= 11 is 3.21. The number of hydrogen-bond acceptors (Lipinski definition) is 5. The van der Waals surface area contributed by atoms with Gasteiger partial charge >= 0.3 is 0 Å². The lowest BCUT2D eigenvalue weighted by molar-refractivity contribution is 0.659. The quantitative estimate of drug-likeness (QED) is 0.776. The molecule has 1 aromatic rings. The van der Waals surface area contributed by atoms with Crippen LogP contribution < -0.4 is 5.73 Å². The normalized spacial score (nSPS) is 18.9. The molecule has 3 nitrogen and oxygen atoms in total. The molecule has 1 atom stereocenters. The topological polar surface area (TPSA) is 51.8 Å². The number of hydrogen-bond donors (Lipinski definition) is 1. The van der Waals surface area contributed by atoms with E-state index in [9.17, 15) is 0 Å². The van der Waals surface area contributed by atoms with Gasteiger partial charge in [0.1, 0.15) is 5.82 Å². The molecule has 13 heavy (non-hydrogen) atoms. The molecule has 1 fully saturated rings. The number of aryl methyl sites for hydroxylation is 1. The molecule has 0 aliphatic heterocycles. The maximum absolute atomic E-state index is 5.97. The molecule has 1 saturated carbocycles. The fraction of sp³-hybridized carbons (Fsp3) is 0.750. The highest BCUT2D eigenvalue weighted by atomic mass is 32.2. The molecule has 0 radical (unpaired) electrons. The average molecular weight is 215 g/mol. The first-order chi connectivity index (χ1) is 6.25. The Morgan fingerprint density at radius 1 is 1.69 bits per heavy atom. The molecule has 1 aromatic heterocycles. The highest BCUT2D eigenvalue weighted by Crippen LogP contribution is 2.34. The predicted octanol–water partition coefficient (Wildman–Crippen LogP) is 1.68. The van der Waals surface area contributed by atoms with Gasteiger partial charge in [-0.05, 0) is 37.2 Å². The zero-order valence-electron chi connectivity index (χ0n) is 7.56. The van der Waals surface area contributed by atoms with Crippen molar-refractivity contribution in [2.24, 2.45) is 11.7 Å². The number of aromatic nitrogens is 2. The van der Waals surface area contributed by atoms with E-state index in [4.69, 9.17) is 5.73 Å². The highest BCUT2D eigenvalue weighted by molar-refractivity contribution is 8.00. The Morgan fingerprint density at radius 2 is 2.46 bits per heavy atom. The second kappa shape index (κ2) is 3.94. The fourth-order valence-corrected chi connectivity index (χ4v) is 2.92. The van der Waals surface area contributed by atoms with Crippen LogP contribution in [0.1, 0.15) is 18.7 Å². The zero-order chi connectivity index (χ0) is 9.26. The van der Waals surface area contributed by atoms with Crippen molar-refractivity contribution in [3.63, 3.8) is 0 Å². The molecule has 0 amide bonds. The van der Waals surface area contributed by atoms with Crippen molar-refractivity contribution in [2.45, 2.75) is 30.1 Å². The minimum absolute atomic E-state index is 0.356. The molecular weight excluding hydrogens is 202 g/mol. The Kier molecular flexibility index (Phi) is 2.86. The van der Waals surface area contributed by atoms with E-state index >= 15 is 0 Å². The fourth-order valence-electron chi connectivity index (χ4n) is 1.16. The molecule has 0 aromatic carbocycles. The first-order valence-corrected chi connectivity index (χ1v) is 6.20. The van der Waals surface area contributed by atoms with Crippen molar-refractivity contribution >= 4 is 23.3 Å². The van der Waals surface area contributed by atoms with Gasteiger partial charge in [-0.25, -0.2) is 4.98 Å². The zero-order valence-corrected chi connectivity index (χ0v) is 9.20. The van der Waals surface area contributed by atoms with Crippen LogP contribution >= 0.6 is 23.3 Å². The lowest BCUT2D eigenvalue weighted by Gasteiger charge is -2.06. The second-order valence-electron chi connectivity index (χ2n) is 3.42. The summed E-state index contributed by atoms with van der Waals surface area (Å²) in [5, 5.41) is 0. The maximum Gasteiger partial charge on any atom is 0.170 e. The Hall–Kier alpha value is -0.130. The van der Waals surface area contributed by atoms with Crippen molar-refractivity contribution in [2.75, 3.05) is 5.75 Å². The first-order valence-electron chi connectivity index (χ1n) is 4.44. The SMILES string of the molecule is Cc1nsc(SCC(N)C2CC2)n1. The van der Waals surface area contributed by atoms with E-state index in [2.05, 4.69) is 9.36 Å². The third-order valence-corrected chi connectivity index (χ3v) is 4.21. The summed E-state index contributed by atoms with van der Waals surface area (Å²) in [5.74, 6) is 2.63. The molecule has 0 spiro atoms. The first kappa shape index (κ1) is 9.43. The van der Waals surface area contributed by atoms with Crippen molar-refractivity contribution in [1.82, 2.24) is 9.36 Å². The van der Waals surface area contributed by atoms with E-state index in [1.54, 1.807) is 11.8 Å². The van der Waals surface area contributed by atoms with Gasteiger partial charge in [-0.15, -0.1) is 0 Å². The van der Waals surface area contributed by atoms with Gasteiger partial charge in [-0.2, -0.15) is 4.37 Å². The summed E-state index contributed by atoms with van der Waals surface area (Å²) in [6.07, 6.45) is 2.63. The summed E-state index contributed by atoms with van der Waals surface area (Å²) in [5.41, 5.74) is 5.97. The minimum Gasteiger partial charge on any atom is -0.327 e. The van der Waals surface area contributed by atoms with Gasteiger partial charge in [0.2, 0.25) is 0 Å². The molecule has 0 bridgehead atoms. The molecule has 1 heterocycles. The minimum atomic E-state index is 0.356. The largest absolute Gasteiger partial charge is 0.327 e. The Bertz CT molecular complexity index is 283. The summed E-state index contributed by atoms with van der Waals surface area (Å²) in [6.45, 7) is 1.92. The third-order valence-electron chi connectivity index (χ3n) is 2.14. The molecular formula is C8H13N3S2. The standard InChI is InChI=1S/C8H13N3S2/c1-5-10-8(13-11-5)12-4-7(9)6-2-3-6/h6-7H,2-4,9H2,1H3. The van der Waals surface area contributed by atoms with E-state index < -0.39 is 0 Å². The van der Waals surface area contributed by atoms with E-state index in [-0.39, 0.29) is 0 Å². The van der Waals surface area contributed by atoms with Crippen LogP contribution in [0, 0.1) is 12.8 Å². The van der Waals surface area contributed by atoms with E-state index in [0.29, 0.717) is 6.04 Å². The monoisotopic (exact) mass is 215 g/mol. The van der Waals surface area contributed by atoms with Gasteiger partial charge in [-0.1, -0.05) is 11.8 Å². The van der Waals surface area contributed by atoms with Gasteiger partial charge in [0, 0.05) is 11.8 Å². The molecule has 0 saturated heterocycles. The maximum atomic E-state index is 5.97.